The average Bonchev–Trinajstić information content (AvgIpc) is 2.28. The van der Waals surface area contributed by atoms with Gasteiger partial charge in [0.15, 0.2) is 6.10 Å². The smallest absolute Gasteiger partial charge is 0.344 e. The van der Waals surface area contributed by atoms with Crippen molar-refractivity contribution in [2.75, 3.05) is 0 Å². The Balaban J connectivity index is 3.00. The Morgan fingerprint density at radius 3 is 2.67 bits per heavy atom. The molecule has 1 aromatic carbocycles. The van der Waals surface area contributed by atoms with Crippen molar-refractivity contribution in [3.05, 3.63) is 28.2 Å². The molecule has 0 aromatic heterocycles. The van der Waals surface area contributed by atoms with Gasteiger partial charge < -0.3 is 14.9 Å². The first-order valence-electron chi connectivity index (χ1n) is 5.82. The van der Waals surface area contributed by atoms with E-state index < -0.39 is 18.2 Å². The van der Waals surface area contributed by atoms with Gasteiger partial charge in [0.05, 0.1) is 6.10 Å². The predicted octanol–water partition coefficient (Wildman–Crippen LogP) is 3.13. The highest BCUT2D eigenvalue weighted by Gasteiger charge is 2.20. The van der Waals surface area contributed by atoms with E-state index in [1.54, 1.807) is 25.1 Å². The molecule has 1 rings (SSSR count). The van der Waals surface area contributed by atoms with Gasteiger partial charge in [-0.3, -0.25) is 0 Å². The summed E-state index contributed by atoms with van der Waals surface area (Å²) in [6, 6.07) is 5.17. The maximum Gasteiger partial charge on any atom is 0.344 e. The first-order chi connectivity index (χ1) is 8.45. The van der Waals surface area contributed by atoms with E-state index in [4.69, 9.17) is 9.84 Å². The van der Waals surface area contributed by atoms with Gasteiger partial charge in [-0.15, -0.1) is 0 Å². The van der Waals surface area contributed by atoms with E-state index in [1.807, 2.05) is 6.92 Å². The van der Waals surface area contributed by atoms with Crippen LogP contribution in [0.15, 0.2) is 22.7 Å². The molecule has 0 amide bonds. The van der Waals surface area contributed by atoms with Crippen LogP contribution in [0.1, 0.15) is 38.4 Å². The van der Waals surface area contributed by atoms with E-state index >= 15 is 0 Å². The second-order valence-electron chi connectivity index (χ2n) is 4.09. The van der Waals surface area contributed by atoms with Crippen LogP contribution < -0.4 is 4.74 Å². The number of aliphatic carboxylic acids is 1. The normalized spacial score (nSPS) is 14.0. The Bertz CT molecular complexity index is 417. The predicted molar refractivity (Wildman–Crippen MR) is 71.7 cm³/mol. The summed E-state index contributed by atoms with van der Waals surface area (Å²) in [6.45, 7) is 3.52. The number of aliphatic hydroxyl groups excluding tert-OH is 1. The molecule has 0 spiro atoms. The maximum absolute atomic E-state index is 11.1. The topological polar surface area (TPSA) is 66.8 Å². The number of halogens is 1. The van der Waals surface area contributed by atoms with Crippen LogP contribution in [-0.4, -0.2) is 22.3 Å². The van der Waals surface area contributed by atoms with Crippen LogP contribution in [0.3, 0.4) is 0 Å². The summed E-state index contributed by atoms with van der Waals surface area (Å²) in [7, 11) is 0. The van der Waals surface area contributed by atoms with Crippen LogP contribution >= 0.6 is 15.9 Å². The van der Waals surface area contributed by atoms with Crippen molar-refractivity contribution in [3.8, 4) is 5.75 Å². The third-order valence-electron chi connectivity index (χ3n) is 2.52. The van der Waals surface area contributed by atoms with Crippen LogP contribution in [0.2, 0.25) is 0 Å². The van der Waals surface area contributed by atoms with E-state index in [9.17, 15) is 9.90 Å². The Morgan fingerprint density at radius 2 is 2.17 bits per heavy atom. The van der Waals surface area contributed by atoms with Gasteiger partial charge in [-0.25, -0.2) is 4.79 Å². The number of carboxylic acid groups (broad SMARTS) is 1. The fourth-order valence-corrected chi connectivity index (χ4v) is 1.94. The molecule has 0 fully saturated rings. The lowest BCUT2D eigenvalue weighted by atomic mass is 10.1. The van der Waals surface area contributed by atoms with Crippen molar-refractivity contribution in [2.45, 2.75) is 38.9 Å². The summed E-state index contributed by atoms with van der Waals surface area (Å²) in [5, 5.41) is 18.7. The quantitative estimate of drug-likeness (QED) is 0.846. The number of carbonyl (C=O) groups is 1. The largest absolute Gasteiger partial charge is 0.479 e. The van der Waals surface area contributed by atoms with Gasteiger partial charge in [0.1, 0.15) is 5.75 Å². The first kappa shape index (κ1) is 15.0. The van der Waals surface area contributed by atoms with Crippen LogP contribution in [0, 0.1) is 0 Å². The Hall–Kier alpha value is -1.07. The molecule has 0 aliphatic heterocycles. The molecule has 0 aliphatic carbocycles. The molecule has 5 heteroatoms. The molecule has 1 aromatic rings. The van der Waals surface area contributed by atoms with Crippen LogP contribution in [0.5, 0.6) is 5.75 Å². The van der Waals surface area contributed by atoms with E-state index in [2.05, 4.69) is 15.9 Å². The van der Waals surface area contributed by atoms with Gasteiger partial charge in [0.25, 0.3) is 0 Å². The van der Waals surface area contributed by atoms with Crippen molar-refractivity contribution >= 4 is 21.9 Å². The zero-order chi connectivity index (χ0) is 13.7. The minimum absolute atomic E-state index is 0.403. The molecule has 0 bridgehead atoms. The zero-order valence-corrected chi connectivity index (χ0v) is 12.0. The highest BCUT2D eigenvalue weighted by Crippen LogP contribution is 2.29. The van der Waals surface area contributed by atoms with Crippen LogP contribution in [-0.2, 0) is 4.79 Å². The number of benzene rings is 1. The lowest BCUT2D eigenvalue weighted by molar-refractivity contribution is -0.145. The Morgan fingerprint density at radius 1 is 1.50 bits per heavy atom. The molecule has 0 radical (unpaired) electrons. The van der Waals surface area contributed by atoms with Gasteiger partial charge in [0.2, 0.25) is 0 Å². The molecule has 0 heterocycles. The summed E-state index contributed by atoms with van der Waals surface area (Å²) in [5.41, 5.74) is 0.584. The highest BCUT2D eigenvalue weighted by molar-refractivity contribution is 9.10. The molecule has 2 atom stereocenters. The van der Waals surface area contributed by atoms with Gasteiger partial charge in [-0.2, -0.15) is 0 Å². The van der Waals surface area contributed by atoms with Crippen molar-refractivity contribution in [1.29, 1.82) is 0 Å². The maximum atomic E-state index is 11.1. The Labute approximate surface area is 115 Å². The standard InChI is InChI=1S/C13H17BrO4/c1-3-4-11(13(16)17)18-12-7-9(14)5-6-10(12)8(2)15/h5-8,11,15H,3-4H2,1-2H3,(H,16,17). The summed E-state index contributed by atoms with van der Waals surface area (Å²) in [5.74, 6) is -0.589. The van der Waals surface area contributed by atoms with Crippen molar-refractivity contribution in [2.24, 2.45) is 0 Å². The van der Waals surface area contributed by atoms with Gasteiger partial charge in [-0.05, 0) is 25.5 Å². The van der Waals surface area contributed by atoms with Crippen molar-refractivity contribution in [1.82, 2.24) is 0 Å². The van der Waals surface area contributed by atoms with E-state index in [1.165, 1.54) is 0 Å². The molecule has 2 N–H and O–H groups in total. The molecular weight excluding hydrogens is 300 g/mol. The van der Waals surface area contributed by atoms with Crippen LogP contribution in [0.4, 0.5) is 0 Å². The number of aliphatic hydroxyl groups is 1. The number of hydrogen-bond donors (Lipinski definition) is 2. The fourth-order valence-electron chi connectivity index (χ4n) is 1.60. The molecule has 18 heavy (non-hydrogen) atoms. The molecule has 0 saturated carbocycles. The van der Waals surface area contributed by atoms with Crippen molar-refractivity contribution in [3.63, 3.8) is 0 Å². The second kappa shape index (κ2) is 6.75. The summed E-state index contributed by atoms with van der Waals surface area (Å²) < 4.78 is 6.28. The van der Waals surface area contributed by atoms with Crippen molar-refractivity contribution < 1.29 is 19.7 Å². The monoisotopic (exact) mass is 316 g/mol. The van der Waals surface area contributed by atoms with E-state index in [-0.39, 0.29) is 0 Å². The molecule has 0 saturated heterocycles. The molecule has 100 valence electrons. The second-order valence-corrected chi connectivity index (χ2v) is 5.01. The van der Waals surface area contributed by atoms with Gasteiger partial charge in [-0.1, -0.05) is 35.3 Å². The summed E-state index contributed by atoms with van der Waals surface area (Å²) in [4.78, 5) is 11.1. The lowest BCUT2D eigenvalue weighted by Gasteiger charge is -2.18. The fraction of sp³-hybridized carbons (Fsp3) is 0.462. The number of carboxylic acids is 1. The number of hydrogen-bond acceptors (Lipinski definition) is 3. The molecule has 2 unspecified atom stereocenters. The third-order valence-corrected chi connectivity index (χ3v) is 3.01. The van der Waals surface area contributed by atoms with E-state index in [0.717, 1.165) is 10.9 Å². The van der Waals surface area contributed by atoms with Crippen LogP contribution in [0.25, 0.3) is 0 Å². The molecular formula is C13H17BrO4. The van der Waals surface area contributed by atoms with Gasteiger partial charge in [0, 0.05) is 10.0 Å². The summed E-state index contributed by atoms with van der Waals surface area (Å²) >= 11 is 3.30. The zero-order valence-electron chi connectivity index (χ0n) is 10.4. The lowest BCUT2D eigenvalue weighted by Crippen LogP contribution is -2.27. The van der Waals surface area contributed by atoms with E-state index in [0.29, 0.717) is 17.7 Å². The first-order valence-corrected chi connectivity index (χ1v) is 6.62. The van der Waals surface area contributed by atoms with Gasteiger partial charge >= 0.3 is 5.97 Å². The molecule has 0 aliphatic rings. The minimum Gasteiger partial charge on any atom is -0.479 e. The number of rotatable bonds is 6. The Kier molecular flexibility index (Phi) is 5.62. The number of ether oxygens (including phenoxy) is 1. The minimum atomic E-state index is -0.992. The third kappa shape index (κ3) is 3.99. The SMILES string of the molecule is CCCC(Oc1cc(Br)ccc1C(C)O)C(=O)O. The average molecular weight is 317 g/mol. The summed E-state index contributed by atoms with van der Waals surface area (Å²) in [6.07, 6.45) is -0.443. The molecule has 4 nitrogen and oxygen atoms in total. The highest BCUT2D eigenvalue weighted by atomic mass is 79.9.